The number of hydrogen-bond donors (Lipinski definition) is 1. The number of nitrogens with one attached hydrogen (secondary N) is 1. The van der Waals surface area contributed by atoms with E-state index in [1.165, 1.54) is 18.6 Å². The number of rotatable bonds is 5. The molecule has 0 fully saturated rings. The van der Waals surface area contributed by atoms with E-state index in [1.807, 2.05) is 0 Å². The van der Waals surface area contributed by atoms with Gasteiger partial charge in [-0.25, -0.2) is 13.8 Å². The highest BCUT2D eigenvalue weighted by Crippen LogP contribution is 2.26. The van der Waals surface area contributed by atoms with Gasteiger partial charge >= 0.3 is 6.36 Å². The van der Waals surface area contributed by atoms with E-state index >= 15 is 0 Å². The van der Waals surface area contributed by atoms with Crippen LogP contribution >= 0.6 is 0 Å². The van der Waals surface area contributed by atoms with E-state index < -0.39 is 48.1 Å². The average Bonchev–Trinajstić information content (AvgIpc) is 2.89. The molecule has 0 radical (unpaired) electrons. The minimum Gasteiger partial charge on any atom is -0.345 e. The van der Waals surface area contributed by atoms with Crippen molar-refractivity contribution in [2.24, 2.45) is 5.41 Å². The number of ether oxygens (including phenoxy) is 1. The number of hydrogen-bond acceptors (Lipinski definition) is 4. The van der Waals surface area contributed by atoms with Crippen molar-refractivity contribution < 1.29 is 31.5 Å². The fraction of sp³-hybridized carbons (Fsp3) is 0.533. The standard InChI is InChI=1S/C15H17F5N4O2/c1-14(2,3)8(7-26-15(18,19)20)22-13(25)11-10(12(16)17)23-9-6-21-4-5-24(9)11/h4-6,8,12H,7H2,1-3H3,(H,22,25). The molecule has 26 heavy (non-hydrogen) atoms. The predicted molar refractivity (Wildman–Crippen MR) is 80.7 cm³/mol. The van der Waals surface area contributed by atoms with Gasteiger partial charge in [-0.2, -0.15) is 0 Å². The molecule has 0 saturated heterocycles. The first kappa shape index (κ1) is 20.0. The quantitative estimate of drug-likeness (QED) is 0.808. The Labute approximate surface area is 145 Å². The number of imidazole rings is 1. The molecule has 0 aliphatic carbocycles. The van der Waals surface area contributed by atoms with Crippen LogP contribution in [0, 0.1) is 5.41 Å². The van der Waals surface area contributed by atoms with Crippen LogP contribution in [0.4, 0.5) is 22.0 Å². The molecule has 2 aromatic rings. The van der Waals surface area contributed by atoms with Crippen LogP contribution in [-0.4, -0.2) is 39.3 Å². The van der Waals surface area contributed by atoms with Gasteiger partial charge < -0.3 is 5.32 Å². The molecule has 0 saturated carbocycles. The van der Waals surface area contributed by atoms with Gasteiger partial charge in [0.2, 0.25) is 0 Å². The van der Waals surface area contributed by atoms with Crippen LogP contribution in [0.5, 0.6) is 0 Å². The van der Waals surface area contributed by atoms with E-state index in [0.717, 1.165) is 4.40 Å². The average molecular weight is 380 g/mol. The summed E-state index contributed by atoms with van der Waals surface area (Å²) in [6.45, 7) is 3.90. The van der Waals surface area contributed by atoms with Crippen LogP contribution in [0.25, 0.3) is 5.65 Å². The Balaban J connectivity index is 2.35. The lowest BCUT2D eigenvalue weighted by molar-refractivity contribution is -0.327. The number of fused-ring (bicyclic) bond motifs is 1. The summed E-state index contributed by atoms with van der Waals surface area (Å²) in [7, 11) is 0. The zero-order valence-electron chi connectivity index (χ0n) is 14.1. The Hall–Kier alpha value is -2.30. The number of nitrogens with zero attached hydrogens (tertiary/aromatic N) is 3. The van der Waals surface area contributed by atoms with Crippen molar-refractivity contribution in [1.82, 2.24) is 19.7 Å². The highest BCUT2D eigenvalue weighted by atomic mass is 19.4. The normalized spacial score (nSPS) is 14.0. The Bertz CT molecular complexity index is 782. The maximum atomic E-state index is 13.3. The molecule has 0 spiro atoms. The van der Waals surface area contributed by atoms with E-state index in [9.17, 15) is 26.7 Å². The molecule has 11 heteroatoms. The third kappa shape index (κ3) is 4.65. The summed E-state index contributed by atoms with van der Waals surface area (Å²) in [5.41, 5.74) is -2.04. The van der Waals surface area contributed by atoms with Crippen LogP contribution in [-0.2, 0) is 4.74 Å². The second-order valence-electron chi connectivity index (χ2n) is 6.60. The van der Waals surface area contributed by atoms with Gasteiger partial charge in [-0.05, 0) is 5.41 Å². The minimum absolute atomic E-state index is 0.0202. The topological polar surface area (TPSA) is 68.5 Å². The maximum absolute atomic E-state index is 13.3. The summed E-state index contributed by atoms with van der Waals surface area (Å²) in [5.74, 6) is -0.982. The number of aromatic nitrogens is 3. The fourth-order valence-electron chi connectivity index (χ4n) is 2.22. The van der Waals surface area contributed by atoms with Crippen molar-refractivity contribution in [1.29, 1.82) is 0 Å². The number of amides is 1. The summed E-state index contributed by atoms with van der Waals surface area (Å²) in [6.07, 6.45) is -4.19. The number of halogens is 5. The fourth-order valence-corrected chi connectivity index (χ4v) is 2.22. The van der Waals surface area contributed by atoms with E-state index in [2.05, 4.69) is 20.0 Å². The second-order valence-corrected chi connectivity index (χ2v) is 6.60. The van der Waals surface area contributed by atoms with Crippen molar-refractivity contribution in [3.8, 4) is 0 Å². The smallest absolute Gasteiger partial charge is 0.345 e. The molecule has 1 amide bonds. The molecule has 2 rings (SSSR count). The first-order chi connectivity index (χ1) is 11.9. The Morgan fingerprint density at radius 3 is 2.50 bits per heavy atom. The summed E-state index contributed by atoms with van der Waals surface area (Å²) in [5, 5.41) is 2.34. The molecule has 0 aromatic carbocycles. The lowest BCUT2D eigenvalue weighted by atomic mass is 9.87. The molecule has 0 aliphatic rings. The third-order valence-corrected chi connectivity index (χ3v) is 3.64. The molecular formula is C15H17F5N4O2. The Morgan fingerprint density at radius 2 is 1.96 bits per heavy atom. The third-order valence-electron chi connectivity index (χ3n) is 3.64. The molecule has 1 unspecified atom stereocenters. The van der Waals surface area contributed by atoms with Gasteiger partial charge in [0.1, 0.15) is 11.4 Å². The zero-order valence-corrected chi connectivity index (χ0v) is 14.1. The van der Waals surface area contributed by atoms with Gasteiger partial charge in [-0.15, -0.1) is 13.2 Å². The van der Waals surface area contributed by atoms with E-state index in [0.29, 0.717) is 0 Å². The lowest BCUT2D eigenvalue weighted by Crippen LogP contribution is -2.48. The molecule has 0 aliphatic heterocycles. The van der Waals surface area contributed by atoms with Crippen molar-refractivity contribution in [3.63, 3.8) is 0 Å². The maximum Gasteiger partial charge on any atom is 0.522 e. The molecule has 144 valence electrons. The van der Waals surface area contributed by atoms with Crippen molar-refractivity contribution in [2.45, 2.75) is 39.6 Å². The highest BCUT2D eigenvalue weighted by Gasteiger charge is 2.36. The molecule has 1 atom stereocenters. The van der Waals surface area contributed by atoms with Crippen molar-refractivity contribution >= 4 is 11.6 Å². The Morgan fingerprint density at radius 1 is 1.31 bits per heavy atom. The van der Waals surface area contributed by atoms with Gasteiger partial charge in [-0.1, -0.05) is 20.8 Å². The van der Waals surface area contributed by atoms with Crippen LogP contribution in [0.2, 0.25) is 0 Å². The van der Waals surface area contributed by atoms with Crippen LogP contribution in [0.15, 0.2) is 18.6 Å². The van der Waals surface area contributed by atoms with Crippen molar-refractivity contribution in [2.75, 3.05) is 6.61 Å². The summed E-state index contributed by atoms with van der Waals surface area (Å²) >= 11 is 0. The lowest BCUT2D eigenvalue weighted by Gasteiger charge is -2.31. The predicted octanol–water partition coefficient (Wildman–Crippen LogP) is 3.35. The number of carbonyl (C=O) groups is 1. The van der Waals surface area contributed by atoms with Gasteiger partial charge in [0, 0.05) is 12.4 Å². The van der Waals surface area contributed by atoms with Gasteiger partial charge in [0.15, 0.2) is 5.65 Å². The highest BCUT2D eigenvalue weighted by molar-refractivity contribution is 5.95. The minimum atomic E-state index is -4.88. The van der Waals surface area contributed by atoms with Gasteiger partial charge in [0.05, 0.1) is 18.8 Å². The summed E-state index contributed by atoms with van der Waals surface area (Å²) < 4.78 is 68.4. The first-order valence-electron chi connectivity index (χ1n) is 7.52. The largest absolute Gasteiger partial charge is 0.522 e. The SMILES string of the molecule is CC(C)(C)C(COC(F)(F)F)NC(=O)c1c(C(F)F)nc2cnccn12. The van der Waals surface area contributed by atoms with Gasteiger partial charge in [-0.3, -0.25) is 18.9 Å². The Kier molecular flexibility index (Phi) is 5.49. The van der Waals surface area contributed by atoms with E-state index in [4.69, 9.17) is 0 Å². The molecular weight excluding hydrogens is 363 g/mol. The molecule has 0 bridgehead atoms. The molecule has 6 nitrogen and oxygen atoms in total. The molecule has 2 heterocycles. The number of carbonyl (C=O) groups excluding carboxylic acids is 1. The molecule has 1 N–H and O–H groups in total. The number of alkyl halides is 5. The summed E-state index contributed by atoms with van der Waals surface area (Å²) in [6, 6.07) is -1.09. The van der Waals surface area contributed by atoms with E-state index in [-0.39, 0.29) is 5.65 Å². The van der Waals surface area contributed by atoms with Crippen LogP contribution in [0.3, 0.4) is 0 Å². The van der Waals surface area contributed by atoms with Crippen LogP contribution in [0.1, 0.15) is 43.4 Å². The van der Waals surface area contributed by atoms with Crippen LogP contribution < -0.4 is 5.32 Å². The second kappa shape index (κ2) is 7.14. The van der Waals surface area contributed by atoms with Gasteiger partial charge in [0.25, 0.3) is 12.3 Å². The molecule has 2 aromatic heterocycles. The monoisotopic (exact) mass is 380 g/mol. The zero-order chi connectivity index (χ0) is 19.7. The van der Waals surface area contributed by atoms with E-state index in [1.54, 1.807) is 20.8 Å². The summed E-state index contributed by atoms with van der Waals surface area (Å²) in [4.78, 5) is 20.0. The van der Waals surface area contributed by atoms with Crippen molar-refractivity contribution in [3.05, 3.63) is 30.0 Å². The first-order valence-corrected chi connectivity index (χ1v) is 7.52.